The molecule has 1 aliphatic rings. The van der Waals surface area contributed by atoms with Crippen LogP contribution in [0.25, 0.3) is 0 Å². The van der Waals surface area contributed by atoms with Gasteiger partial charge in [-0.1, -0.05) is 23.7 Å². The average molecular weight is 357 g/mol. The summed E-state index contributed by atoms with van der Waals surface area (Å²) in [5.74, 6) is -0.401. The van der Waals surface area contributed by atoms with Gasteiger partial charge in [0, 0.05) is 18.5 Å². The molecular formula is C18H26ClFN2O2. The molecule has 134 valence electrons. The number of carbonyl (C=O) groups is 1. The minimum Gasteiger partial charge on any atom is -0.444 e. The Labute approximate surface area is 148 Å². The molecule has 6 heteroatoms. The summed E-state index contributed by atoms with van der Waals surface area (Å²) >= 11 is 5.88. The van der Waals surface area contributed by atoms with Crippen LogP contribution in [0.3, 0.4) is 0 Å². The highest BCUT2D eigenvalue weighted by Gasteiger charge is 2.38. The number of halogens is 2. The molecule has 1 heterocycles. The number of ether oxygens (including phenoxy) is 1. The largest absolute Gasteiger partial charge is 0.444 e. The second kappa shape index (κ2) is 7.28. The topological polar surface area (TPSA) is 55.6 Å². The van der Waals surface area contributed by atoms with E-state index in [2.05, 4.69) is 0 Å². The number of rotatable bonds is 3. The van der Waals surface area contributed by atoms with Crippen LogP contribution in [0.2, 0.25) is 5.02 Å². The van der Waals surface area contributed by atoms with Crippen molar-refractivity contribution in [1.82, 2.24) is 4.90 Å². The maximum absolute atomic E-state index is 14.3. The van der Waals surface area contributed by atoms with Crippen molar-refractivity contribution in [3.8, 4) is 0 Å². The number of amides is 1. The van der Waals surface area contributed by atoms with Crippen LogP contribution in [0, 0.1) is 11.2 Å². The number of piperidine rings is 1. The molecule has 2 N–H and O–H groups in total. The Morgan fingerprint density at radius 2 is 2.17 bits per heavy atom. The lowest BCUT2D eigenvalue weighted by Crippen LogP contribution is -2.51. The molecule has 1 amide bonds. The zero-order chi connectivity index (χ0) is 18.0. The average Bonchev–Trinajstić information content (AvgIpc) is 2.50. The summed E-state index contributed by atoms with van der Waals surface area (Å²) in [7, 11) is 0. The van der Waals surface area contributed by atoms with Crippen molar-refractivity contribution in [3.05, 3.63) is 34.6 Å². The number of likely N-dealkylation sites (tertiary alicyclic amines) is 1. The monoisotopic (exact) mass is 356 g/mol. The Hall–Kier alpha value is -1.33. The van der Waals surface area contributed by atoms with Gasteiger partial charge in [-0.2, -0.15) is 0 Å². The Bertz CT molecular complexity index is 603. The third-order valence-corrected chi connectivity index (χ3v) is 4.64. The van der Waals surface area contributed by atoms with Gasteiger partial charge in [-0.15, -0.1) is 0 Å². The summed E-state index contributed by atoms with van der Waals surface area (Å²) in [4.78, 5) is 14.0. The van der Waals surface area contributed by atoms with E-state index in [1.54, 1.807) is 17.0 Å². The van der Waals surface area contributed by atoms with E-state index in [-0.39, 0.29) is 16.5 Å². The number of nitrogens with two attached hydrogens (primary N) is 1. The molecule has 0 radical (unpaired) electrons. The highest BCUT2D eigenvalue weighted by molar-refractivity contribution is 6.30. The number of hydrogen-bond donors (Lipinski definition) is 1. The van der Waals surface area contributed by atoms with Gasteiger partial charge in [0.25, 0.3) is 0 Å². The summed E-state index contributed by atoms with van der Waals surface area (Å²) in [5.41, 5.74) is 5.67. The Kier molecular flexibility index (Phi) is 5.76. The molecule has 1 unspecified atom stereocenters. The molecule has 2 rings (SSSR count). The molecule has 0 spiro atoms. The minimum absolute atomic E-state index is 0.111. The van der Waals surface area contributed by atoms with Gasteiger partial charge in [0.15, 0.2) is 0 Å². The molecule has 1 saturated heterocycles. The van der Waals surface area contributed by atoms with Crippen LogP contribution in [0.4, 0.5) is 9.18 Å². The van der Waals surface area contributed by atoms with Gasteiger partial charge in [0.1, 0.15) is 11.4 Å². The molecule has 1 atom stereocenters. The van der Waals surface area contributed by atoms with Crippen molar-refractivity contribution in [2.45, 2.75) is 45.6 Å². The maximum atomic E-state index is 14.3. The fraction of sp³-hybridized carbons (Fsp3) is 0.611. The van der Waals surface area contributed by atoms with E-state index in [1.165, 1.54) is 6.07 Å². The molecule has 1 aromatic carbocycles. The fourth-order valence-corrected chi connectivity index (χ4v) is 3.36. The first-order valence-electron chi connectivity index (χ1n) is 8.27. The van der Waals surface area contributed by atoms with Crippen LogP contribution >= 0.6 is 11.6 Å². The number of benzene rings is 1. The van der Waals surface area contributed by atoms with Crippen molar-refractivity contribution in [3.63, 3.8) is 0 Å². The van der Waals surface area contributed by atoms with E-state index in [9.17, 15) is 9.18 Å². The van der Waals surface area contributed by atoms with Crippen molar-refractivity contribution in [2.24, 2.45) is 11.1 Å². The molecule has 1 aromatic rings. The lowest BCUT2D eigenvalue weighted by molar-refractivity contribution is 0.00523. The SMILES string of the molecule is CC(C)(C)OC(=O)N1CCCC(CN)(Cc2cccc(Cl)c2F)C1. The van der Waals surface area contributed by atoms with Crippen LogP contribution in [-0.4, -0.2) is 36.2 Å². The Morgan fingerprint density at radius 1 is 1.46 bits per heavy atom. The van der Waals surface area contributed by atoms with Gasteiger partial charge >= 0.3 is 6.09 Å². The van der Waals surface area contributed by atoms with Gasteiger partial charge < -0.3 is 15.4 Å². The summed E-state index contributed by atoms with van der Waals surface area (Å²) < 4.78 is 19.7. The van der Waals surface area contributed by atoms with E-state index < -0.39 is 11.4 Å². The fourth-order valence-electron chi connectivity index (χ4n) is 3.16. The molecule has 0 saturated carbocycles. The highest BCUT2D eigenvalue weighted by atomic mass is 35.5. The van der Waals surface area contributed by atoms with Gasteiger partial charge in [0.2, 0.25) is 0 Å². The quantitative estimate of drug-likeness (QED) is 0.890. The molecule has 24 heavy (non-hydrogen) atoms. The summed E-state index contributed by atoms with van der Waals surface area (Å²) in [5, 5.41) is 0.111. The molecule has 4 nitrogen and oxygen atoms in total. The van der Waals surface area contributed by atoms with Gasteiger partial charge in [-0.3, -0.25) is 0 Å². The molecule has 0 aliphatic carbocycles. The van der Waals surface area contributed by atoms with Crippen LogP contribution < -0.4 is 5.73 Å². The first-order chi connectivity index (χ1) is 11.2. The van der Waals surface area contributed by atoms with Gasteiger partial charge in [-0.25, -0.2) is 9.18 Å². The third kappa shape index (κ3) is 4.61. The second-order valence-corrected chi connectivity index (χ2v) is 8.01. The standard InChI is InChI=1S/C18H26ClFN2O2/c1-17(2,3)24-16(23)22-9-5-8-18(11-21,12-22)10-13-6-4-7-14(19)15(13)20/h4,6-7H,5,8-12,21H2,1-3H3. The zero-order valence-corrected chi connectivity index (χ0v) is 15.3. The van der Waals surface area contributed by atoms with Gasteiger partial charge in [0.05, 0.1) is 5.02 Å². The Morgan fingerprint density at radius 3 is 2.79 bits per heavy atom. The predicted octanol–water partition coefficient (Wildman–Crippen LogP) is 4.00. The van der Waals surface area contributed by atoms with Gasteiger partial charge in [-0.05, 0) is 58.2 Å². The molecular weight excluding hydrogens is 331 g/mol. The number of carbonyl (C=O) groups excluding carboxylic acids is 1. The van der Waals surface area contributed by atoms with Crippen LogP contribution in [0.1, 0.15) is 39.2 Å². The van der Waals surface area contributed by atoms with E-state index >= 15 is 0 Å². The smallest absolute Gasteiger partial charge is 0.410 e. The summed E-state index contributed by atoms with van der Waals surface area (Å²) in [6, 6.07) is 4.99. The van der Waals surface area contributed by atoms with Crippen LogP contribution in [0.5, 0.6) is 0 Å². The molecule has 1 fully saturated rings. The molecule has 0 bridgehead atoms. The van der Waals surface area contributed by atoms with Crippen molar-refractivity contribution < 1.29 is 13.9 Å². The van der Waals surface area contributed by atoms with Crippen LogP contribution in [-0.2, 0) is 11.2 Å². The lowest BCUT2D eigenvalue weighted by Gasteiger charge is -2.42. The van der Waals surface area contributed by atoms with E-state index in [1.807, 2.05) is 20.8 Å². The summed E-state index contributed by atoms with van der Waals surface area (Å²) in [6.45, 7) is 6.99. The first kappa shape index (κ1) is 19.0. The van der Waals surface area contributed by atoms with E-state index in [4.69, 9.17) is 22.1 Å². The van der Waals surface area contributed by atoms with E-state index in [0.29, 0.717) is 31.6 Å². The first-order valence-corrected chi connectivity index (χ1v) is 8.64. The van der Waals surface area contributed by atoms with E-state index in [0.717, 1.165) is 12.8 Å². The maximum Gasteiger partial charge on any atom is 0.410 e. The van der Waals surface area contributed by atoms with Crippen molar-refractivity contribution in [2.75, 3.05) is 19.6 Å². The number of nitrogens with zero attached hydrogens (tertiary/aromatic N) is 1. The number of hydrogen-bond acceptors (Lipinski definition) is 3. The third-order valence-electron chi connectivity index (χ3n) is 4.34. The Balaban J connectivity index is 2.16. The minimum atomic E-state index is -0.543. The second-order valence-electron chi connectivity index (χ2n) is 7.60. The highest BCUT2D eigenvalue weighted by Crippen LogP contribution is 2.35. The molecule has 1 aliphatic heterocycles. The summed E-state index contributed by atoms with van der Waals surface area (Å²) in [6.07, 6.45) is 1.77. The predicted molar refractivity (Wildman–Crippen MR) is 93.6 cm³/mol. The van der Waals surface area contributed by atoms with Crippen LogP contribution in [0.15, 0.2) is 18.2 Å². The zero-order valence-electron chi connectivity index (χ0n) is 14.6. The normalized spacial score (nSPS) is 21.7. The van der Waals surface area contributed by atoms with Crippen molar-refractivity contribution >= 4 is 17.7 Å². The lowest BCUT2D eigenvalue weighted by atomic mass is 9.75. The molecule has 0 aromatic heterocycles. The van der Waals surface area contributed by atoms with Crippen molar-refractivity contribution in [1.29, 1.82) is 0 Å².